The standard InChI is InChI=1S/C19H18N4O2S/c1-25-11-10-22-16-7-3-2-6-15(16)21-19(22)26-13-14-12-18(24)23-9-5-4-8-17(23)20-14/h2-9,12H,10-11,13H2,1H3. The van der Waals surface area contributed by atoms with Crippen molar-refractivity contribution in [1.82, 2.24) is 18.9 Å². The molecule has 6 nitrogen and oxygen atoms in total. The fourth-order valence-corrected chi connectivity index (χ4v) is 3.81. The number of hydrogen-bond donors (Lipinski definition) is 0. The molecule has 26 heavy (non-hydrogen) atoms. The predicted molar refractivity (Wildman–Crippen MR) is 103 cm³/mol. The minimum absolute atomic E-state index is 0.0703. The quantitative estimate of drug-likeness (QED) is 0.491. The molecule has 0 spiro atoms. The van der Waals surface area contributed by atoms with Gasteiger partial charge in [0.15, 0.2) is 5.16 Å². The van der Waals surface area contributed by atoms with Gasteiger partial charge in [-0.3, -0.25) is 9.20 Å². The Kier molecular flexibility index (Phi) is 4.73. The van der Waals surface area contributed by atoms with Crippen molar-refractivity contribution < 1.29 is 4.74 Å². The van der Waals surface area contributed by atoms with Gasteiger partial charge in [-0.2, -0.15) is 0 Å². The van der Waals surface area contributed by atoms with Crippen LogP contribution in [0.4, 0.5) is 0 Å². The summed E-state index contributed by atoms with van der Waals surface area (Å²) in [6, 6.07) is 15.2. The van der Waals surface area contributed by atoms with Gasteiger partial charge < -0.3 is 9.30 Å². The van der Waals surface area contributed by atoms with Crippen LogP contribution in [-0.4, -0.2) is 32.7 Å². The van der Waals surface area contributed by atoms with Crippen LogP contribution in [0.15, 0.2) is 64.7 Å². The van der Waals surface area contributed by atoms with E-state index < -0.39 is 0 Å². The normalized spacial score (nSPS) is 11.4. The number of thioether (sulfide) groups is 1. The summed E-state index contributed by atoms with van der Waals surface area (Å²) in [6.07, 6.45) is 1.73. The molecule has 0 fully saturated rings. The summed E-state index contributed by atoms with van der Waals surface area (Å²) in [7, 11) is 1.69. The maximum absolute atomic E-state index is 12.2. The van der Waals surface area contributed by atoms with E-state index >= 15 is 0 Å². The second kappa shape index (κ2) is 7.31. The number of methoxy groups -OCH3 is 1. The predicted octanol–water partition coefficient (Wildman–Crippen LogP) is 2.98. The third kappa shape index (κ3) is 3.23. The monoisotopic (exact) mass is 366 g/mol. The highest BCUT2D eigenvalue weighted by Crippen LogP contribution is 2.26. The number of rotatable bonds is 6. The first-order chi connectivity index (χ1) is 12.8. The second-order valence-corrected chi connectivity index (χ2v) is 6.77. The van der Waals surface area contributed by atoms with Gasteiger partial charge >= 0.3 is 0 Å². The lowest BCUT2D eigenvalue weighted by Gasteiger charge is -2.08. The lowest BCUT2D eigenvalue weighted by atomic mass is 10.3. The molecule has 0 saturated heterocycles. The van der Waals surface area contributed by atoms with Crippen molar-refractivity contribution >= 4 is 28.4 Å². The minimum Gasteiger partial charge on any atom is -0.383 e. The third-order valence-corrected chi connectivity index (χ3v) is 5.12. The molecule has 4 aromatic rings. The van der Waals surface area contributed by atoms with E-state index in [1.807, 2.05) is 36.4 Å². The number of ether oxygens (including phenoxy) is 1. The summed E-state index contributed by atoms with van der Waals surface area (Å²) in [5.74, 6) is 0.580. The fourth-order valence-electron chi connectivity index (χ4n) is 2.88. The Bertz CT molecular complexity index is 1120. The van der Waals surface area contributed by atoms with E-state index in [0.717, 1.165) is 28.4 Å². The Morgan fingerprint density at radius 2 is 1.96 bits per heavy atom. The Morgan fingerprint density at radius 3 is 2.85 bits per heavy atom. The summed E-state index contributed by atoms with van der Waals surface area (Å²) in [6.45, 7) is 1.34. The maximum Gasteiger partial charge on any atom is 0.258 e. The molecule has 0 aliphatic rings. The molecule has 7 heteroatoms. The van der Waals surface area contributed by atoms with Crippen molar-refractivity contribution in [3.05, 3.63) is 70.8 Å². The van der Waals surface area contributed by atoms with Gasteiger partial charge in [-0.25, -0.2) is 9.97 Å². The minimum atomic E-state index is -0.0703. The number of imidazole rings is 1. The smallest absolute Gasteiger partial charge is 0.258 e. The molecule has 3 heterocycles. The van der Waals surface area contributed by atoms with Gasteiger partial charge in [0.05, 0.1) is 23.3 Å². The molecular formula is C19H18N4O2S. The van der Waals surface area contributed by atoms with Crippen LogP contribution in [0.5, 0.6) is 0 Å². The van der Waals surface area contributed by atoms with E-state index in [4.69, 9.17) is 9.72 Å². The largest absolute Gasteiger partial charge is 0.383 e. The van der Waals surface area contributed by atoms with Gasteiger partial charge in [0, 0.05) is 31.7 Å². The van der Waals surface area contributed by atoms with E-state index in [-0.39, 0.29) is 5.56 Å². The Labute approximate surface area is 154 Å². The molecule has 0 amide bonds. The number of nitrogens with zero attached hydrogens (tertiary/aromatic N) is 4. The zero-order chi connectivity index (χ0) is 17.9. The van der Waals surface area contributed by atoms with Crippen LogP contribution in [0.25, 0.3) is 16.7 Å². The van der Waals surface area contributed by atoms with Crippen molar-refractivity contribution in [3.8, 4) is 0 Å². The van der Waals surface area contributed by atoms with Crippen LogP contribution in [0.1, 0.15) is 5.69 Å². The molecule has 0 aliphatic heterocycles. The van der Waals surface area contributed by atoms with E-state index in [0.29, 0.717) is 18.0 Å². The van der Waals surface area contributed by atoms with Crippen molar-refractivity contribution in [1.29, 1.82) is 0 Å². The number of fused-ring (bicyclic) bond motifs is 2. The maximum atomic E-state index is 12.2. The first-order valence-electron chi connectivity index (χ1n) is 8.30. The lowest BCUT2D eigenvalue weighted by molar-refractivity contribution is 0.186. The lowest BCUT2D eigenvalue weighted by Crippen LogP contribution is -2.14. The van der Waals surface area contributed by atoms with Gasteiger partial charge in [-0.05, 0) is 24.3 Å². The van der Waals surface area contributed by atoms with Crippen LogP contribution < -0.4 is 5.56 Å². The van der Waals surface area contributed by atoms with Crippen LogP contribution in [0.3, 0.4) is 0 Å². The molecule has 0 saturated carbocycles. The summed E-state index contributed by atoms with van der Waals surface area (Å²) in [4.78, 5) is 21.5. The molecule has 4 rings (SSSR count). The SMILES string of the molecule is COCCn1c(SCc2cc(=O)n3ccccc3n2)nc2ccccc21. The fraction of sp³-hybridized carbons (Fsp3) is 0.211. The number of para-hydroxylation sites is 2. The van der Waals surface area contributed by atoms with E-state index in [1.165, 1.54) is 0 Å². The summed E-state index contributed by atoms with van der Waals surface area (Å²) in [5.41, 5.74) is 3.37. The van der Waals surface area contributed by atoms with Crippen LogP contribution in [-0.2, 0) is 17.0 Å². The van der Waals surface area contributed by atoms with Crippen LogP contribution in [0, 0.1) is 0 Å². The molecular weight excluding hydrogens is 348 g/mol. The number of aromatic nitrogens is 4. The topological polar surface area (TPSA) is 61.4 Å². The Hall–Kier alpha value is -2.64. The van der Waals surface area contributed by atoms with Crippen molar-refractivity contribution in [3.63, 3.8) is 0 Å². The molecule has 0 N–H and O–H groups in total. The average Bonchev–Trinajstić information content (AvgIpc) is 3.02. The Morgan fingerprint density at radius 1 is 1.12 bits per heavy atom. The van der Waals surface area contributed by atoms with Crippen LogP contribution in [0.2, 0.25) is 0 Å². The first kappa shape index (κ1) is 16.8. The van der Waals surface area contributed by atoms with E-state index in [1.54, 1.807) is 35.5 Å². The van der Waals surface area contributed by atoms with E-state index in [9.17, 15) is 4.79 Å². The molecule has 132 valence electrons. The van der Waals surface area contributed by atoms with Gasteiger partial charge in [0.1, 0.15) is 5.65 Å². The van der Waals surface area contributed by atoms with Crippen molar-refractivity contribution in [2.75, 3.05) is 13.7 Å². The molecule has 0 atom stereocenters. The zero-order valence-electron chi connectivity index (χ0n) is 14.3. The second-order valence-electron chi connectivity index (χ2n) is 5.83. The summed E-state index contributed by atoms with van der Waals surface area (Å²) < 4.78 is 8.93. The number of pyridine rings is 1. The molecule has 0 radical (unpaired) electrons. The van der Waals surface area contributed by atoms with Gasteiger partial charge in [0.25, 0.3) is 5.56 Å². The summed E-state index contributed by atoms with van der Waals surface area (Å²) >= 11 is 1.58. The molecule has 1 aromatic carbocycles. The molecule has 3 aromatic heterocycles. The Balaban J connectivity index is 1.64. The zero-order valence-corrected chi connectivity index (χ0v) is 15.1. The first-order valence-corrected chi connectivity index (χ1v) is 9.29. The summed E-state index contributed by atoms with van der Waals surface area (Å²) in [5, 5.41) is 0.901. The highest BCUT2D eigenvalue weighted by molar-refractivity contribution is 7.98. The van der Waals surface area contributed by atoms with Gasteiger partial charge in [0.2, 0.25) is 0 Å². The van der Waals surface area contributed by atoms with Crippen LogP contribution >= 0.6 is 11.8 Å². The van der Waals surface area contributed by atoms with Gasteiger partial charge in [-0.15, -0.1) is 0 Å². The van der Waals surface area contributed by atoms with Gasteiger partial charge in [-0.1, -0.05) is 30.0 Å². The van der Waals surface area contributed by atoms with Crippen molar-refractivity contribution in [2.45, 2.75) is 17.5 Å². The highest BCUT2D eigenvalue weighted by atomic mass is 32.2. The highest BCUT2D eigenvalue weighted by Gasteiger charge is 2.12. The van der Waals surface area contributed by atoms with Crippen molar-refractivity contribution in [2.24, 2.45) is 0 Å². The molecule has 0 unspecified atom stereocenters. The number of hydrogen-bond acceptors (Lipinski definition) is 5. The third-order valence-electron chi connectivity index (χ3n) is 4.11. The number of benzene rings is 1. The van der Waals surface area contributed by atoms with E-state index in [2.05, 4.69) is 15.6 Å². The molecule has 0 aliphatic carbocycles. The molecule has 0 bridgehead atoms. The average molecular weight is 366 g/mol.